The van der Waals surface area contributed by atoms with Crippen molar-refractivity contribution >= 4 is 11.7 Å². The second-order valence-electron chi connectivity index (χ2n) is 9.82. The Labute approximate surface area is 220 Å². The predicted octanol–water partition coefficient (Wildman–Crippen LogP) is -1.35. The molecule has 8 N–H and O–H groups in total. The fourth-order valence-corrected chi connectivity index (χ4v) is 5.14. The van der Waals surface area contributed by atoms with Gasteiger partial charge >= 0.3 is 6.03 Å². The quantitative estimate of drug-likeness (QED) is 0.189. The number of aliphatic hydroxyl groups excluding tert-OH is 2. The van der Waals surface area contributed by atoms with Gasteiger partial charge in [0.25, 0.3) is 0 Å². The van der Waals surface area contributed by atoms with Gasteiger partial charge in [-0.15, -0.1) is 0 Å². The molecule has 208 valence electrons. The molecule has 0 bridgehead atoms. The smallest absolute Gasteiger partial charge is 0.319 e. The zero-order valence-electron chi connectivity index (χ0n) is 21.2. The Kier molecular flexibility index (Phi) is 8.52. The molecule has 5 rings (SSSR count). The van der Waals surface area contributed by atoms with Crippen LogP contribution in [0.3, 0.4) is 0 Å². The normalized spacial score (nSPS) is 31.4. The number of benzene rings is 1. The molecule has 2 amide bonds. The van der Waals surface area contributed by atoms with Gasteiger partial charge in [-0.05, 0) is 32.1 Å². The number of carbonyl (C=O) groups excluding carboxylic acids is 1. The van der Waals surface area contributed by atoms with Crippen LogP contribution in [0.1, 0.15) is 6.42 Å². The molecule has 0 radical (unpaired) electrons. The first kappa shape index (κ1) is 26.9. The number of oxazole rings is 1. The minimum Gasteiger partial charge on any atom is -0.444 e. The first-order chi connectivity index (χ1) is 18.4. The van der Waals surface area contributed by atoms with Crippen LogP contribution in [0, 0.1) is 0 Å². The standard InChI is InChI=1S/C24H36N8O6/c1-31(7-3-6-27-24(35)30-15-5-2-4-14(8-15)16-9-26-12-36-16)10-17-19(33)20(34)23(38-17)32-11-28-18-21(25)37-13-29-22(18)32/h2,4-5,8-9,12,17-23,28-29,33-34H,3,6-7,10-11,13,25H2,1H3,(H2,27,30,35)/t17?,18?,19-,20-,21?,22?,23?/m1/s1. The number of aliphatic hydroxyl groups is 2. The van der Waals surface area contributed by atoms with Gasteiger partial charge in [0.15, 0.2) is 12.2 Å². The molecule has 1 aromatic heterocycles. The fourth-order valence-electron chi connectivity index (χ4n) is 5.14. The number of anilines is 1. The number of nitrogens with two attached hydrogens (primary N) is 1. The lowest BCUT2D eigenvalue weighted by molar-refractivity contribution is -0.123. The van der Waals surface area contributed by atoms with Crippen LogP contribution in [0.25, 0.3) is 11.3 Å². The molecular weight excluding hydrogens is 496 g/mol. The van der Waals surface area contributed by atoms with E-state index in [1.807, 2.05) is 35.0 Å². The SMILES string of the molecule is CN(CCCNC(=O)Nc1cccc(-c2cnco2)c1)CC1OC(N2CNC3C(N)OCNC32)[C@H](O)[C@@H]1O. The number of hydrogen-bond donors (Lipinski definition) is 7. The molecule has 4 heterocycles. The lowest BCUT2D eigenvalue weighted by Crippen LogP contribution is -2.63. The van der Waals surface area contributed by atoms with E-state index in [9.17, 15) is 15.0 Å². The number of urea groups is 1. The predicted molar refractivity (Wildman–Crippen MR) is 136 cm³/mol. The average Bonchev–Trinajstić information content (AvgIpc) is 3.64. The summed E-state index contributed by atoms with van der Waals surface area (Å²) in [4.78, 5) is 20.2. The van der Waals surface area contributed by atoms with Crippen molar-refractivity contribution in [3.63, 3.8) is 0 Å². The number of amides is 2. The molecule has 5 unspecified atom stereocenters. The Hall–Kier alpha value is -2.66. The van der Waals surface area contributed by atoms with Gasteiger partial charge in [-0.25, -0.2) is 14.7 Å². The van der Waals surface area contributed by atoms with E-state index in [2.05, 4.69) is 26.3 Å². The van der Waals surface area contributed by atoms with Crippen LogP contribution in [-0.2, 0) is 9.47 Å². The first-order valence-electron chi connectivity index (χ1n) is 12.7. The molecule has 0 spiro atoms. The maximum absolute atomic E-state index is 12.3. The molecule has 2 aromatic rings. The van der Waals surface area contributed by atoms with Gasteiger partial charge in [0.1, 0.15) is 30.8 Å². The third-order valence-electron chi connectivity index (χ3n) is 7.12. The largest absolute Gasteiger partial charge is 0.444 e. The van der Waals surface area contributed by atoms with Crippen LogP contribution in [0.2, 0.25) is 0 Å². The lowest BCUT2D eigenvalue weighted by atomic mass is 10.1. The molecule has 14 heteroatoms. The van der Waals surface area contributed by atoms with Crippen LogP contribution in [0.5, 0.6) is 0 Å². The van der Waals surface area contributed by atoms with Crippen LogP contribution in [0.15, 0.2) is 41.3 Å². The summed E-state index contributed by atoms with van der Waals surface area (Å²) in [6, 6.07) is 6.88. The third-order valence-corrected chi connectivity index (χ3v) is 7.12. The Morgan fingerprint density at radius 3 is 3.00 bits per heavy atom. The van der Waals surface area contributed by atoms with E-state index < -0.39 is 30.8 Å². The van der Waals surface area contributed by atoms with Crippen molar-refractivity contribution in [2.75, 3.05) is 45.4 Å². The molecule has 7 atom stereocenters. The molecule has 3 aliphatic heterocycles. The Morgan fingerprint density at radius 2 is 2.18 bits per heavy atom. The maximum atomic E-state index is 12.3. The topological polar surface area (TPSA) is 183 Å². The van der Waals surface area contributed by atoms with Crippen molar-refractivity contribution in [1.82, 2.24) is 30.7 Å². The summed E-state index contributed by atoms with van der Waals surface area (Å²) in [5.74, 6) is 0.623. The number of hydrogen-bond acceptors (Lipinski definition) is 12. The lowest BCUT2D eigenvalue weighted by Gasteiger charge is -2.38. The van der Waals surface area contributed by atoms with E-state index in [0.29, 0.717) is 50.9 Å². The van der Waals surface area contributed by atoms with Crippen molar-refractivity contribution in [3.8, 4) is 11.3 Å². The van der Waals surface area contributed by atoms with Crippen molar-refractivity contribution < 1.29 is 28.9 Å². The summed E-state index contributed by atoms with van der Waals surface area (Å²) >= 11 is 0. The number of nitrogens with zero attached hydrogens (tertiary/aromatic N) is 3. The summed E-state index contributed by atoms with van der Waals surface area (Å²) in [5.41, 5.74) is 7.49. The zero-order chi connectivity index (χ0) is 26.6. The number of likely N-dealkylation sites (N-methyl/N-ethyl adjacent to an activating group) is 1. The summed E-state index contributed by atoms with van der Waals surface area (Å²) < 4.78 is 16.8. The van der Waals surface area contributed by atoms with Gasteiger partial charge < -0.3 is 45.4 Å². The molecule has 0 saturated carbocycles. The van der Waals surface area contributed by atoms with Gasteiger partial charge in [0.2, 0.25) is 0 Å². The monoisotopic (exact) mass is 532 g/mol. The van der Waals surface area contributed by atoms with Crippen LogP contribution >= 0.6 is 0 Å². The maximum Gasteiger partial charge on any atom is 0.319 e. The fraction of sp³-hybridized carbons (Fsp3) is 0.583. The molecule has 1 aromatic carbocycles. The number of carbonyl (C=O) groups is 1. The highest BCUT2D eigenvalue weighted by Gasteiger charge is 2.51. The minimum atomic E-state index is -1.05. The molecule has 14 nitrogen and oxygen atoms in total. The molecule has 0 aliphatic carbocycles. The van der Waals surface area contributed by atoms with E-state index in [-0.39, 0.29) is 18.2 Å². The summed E-state index contributed by atoms with van der Waals surface area (Å²) in [5, 5.41) is 33.5. The van der Waals surface area contributed by atoms with Gasteiger partial charge in [-0.3, -0.25) is 10.6 Å². The second-order valence-corrected chi connectivity index (χ2v) is 9.82. The number of rotatable bonds is 9. The molecule has 38 heavy (non-hydrogen) atoms. The molecule has 3 saturated heterocycles. The van der Waals surface area contributed by atoms with Crippen LogP contribution in [-0.4, -0.2) is 114 Å². The first-order valence-corrected chi connectivity index (χ1v) is 12.7. The van der Waals surface area contributed by atoms with Gasteiger partial charge in [-0.1, -0.05) is 12.1 Å². The van der Waals surface area contributed by atoms with E-state index in [1.165, 1.54) is 6.39 Å². The van der Waals surface area contributed by atoms with Crippen LogP contribution < -0.4 is 27.0 Å². The molecule has 3 aliphatic rings. The van der Waals surface area contributed by atoms with Crippen molar-refractivity contribution in [3.05, 3.63) is 36.9 Å². The van der Waals surface area contributed by atoms with E-state index in [1.54, 1.807) is 12.3 Å². The highest BCUT2D eigenvalue weighted by molar-refractivity contribution is 5.89. The number of ether oxygens (including phenoxy) is 2. The molecule has 3 fully saturated rings. The van der Waals surface area contributed by atoms with Crippen molar-refractivity contribution in [2.24, 2.45) is 5.73 Å². The van der Waals surface area contributed by atoms with Gasteiger partial charge in [-0.2, -0.15) is 0 Å². The van der Waals surface area contributed by atoms with Crippen molar-refractivity contribution in [2.45, 2.75) is 49.4 Å². The molecular formula is C24H36N8O6. The highest BCUT2D eigenvalue weighted by atomic mass is 16.6. The van der Waals surface area contributed by atoms with Crippen molar-refractivity contribution in [1.29, 1.82) is 0 Å². The number of aromatic nitrogens is 1. The van der Waals surface area contributed by atoms with Crippen LogP contribution in [0.4, 0.5) is 10.5 Å². The zero-order valence-corrected chi connectivity index (χ0v) is 21.2. The summed E-state index contributed by atoms with van der Waals surface area (Å²) in [6.07, 6.45) is -0.255. The average molecular weight is 533 g/mol. The minimum absolute atomic E-state index is 0.139. The van der Waals surface area contributed by atoms with E-state index >= 15 is 0 Å². The second kappa shape index (κ2) is 12.0. The number of fused-ring (bicyclic) bond motifs is 1. The summed E-state index contributed by atoms with van der Waals surface area (Å²) in [6.45, 7) is 2.32. The van der Waals surface area contributed by atoms with Gasteiger partial charge in [0.05, 0.1) is 31.8 Å². The Balaban J connectivity index is 1.03. The highest BCUT2D eigenvalue weighted by Crippen LogP contribution is 2.29. The van der Waals surface area contributed by atoms with E-state index in [4.69, 9.17) is 19.6 Å². The Morgan fingerprint density at radius 1 is 1.32 bits per heavy atom. The summed E-state index contributed by atoms with van der Waals surface area (Å²) in [7, 11) is 1.91. The third kappa shape index (κ3) is 5.98. The van der Waals surface area contributed by atoms with Gasteiger partial charge in [0, 0.05) is 24.3 Å². The van der Waals surface area contributed by atoms with E-state index in [0.717, 1.165) is 5.56 Å². The Bertz CT molecular complexity index is 1060. The number of nitrogens with one attached hydrogen (secondary N) is 4.